The molecule has 0 unspecified atom stereocenters. The zero-order valence-corrected chi connectivity index (χ0v) is 15.5. The quantitative estimate of drug-likeness (QED) is 0.813. The van der Waals surface area contributed by atoms with E-state index in [1.807, 2.05) is 19.1 Å². The van der Waals surface area contributed by atoms with Crippen molar-refractivity contribution in [3.05, 3.63) is 46.2 Å². The number of benzene rings is 1. The van der Waals surface area contributed by atoms with Gasteiger partial charge in [0.05, 0.1) is 11.7 Å². The van der Waals surface area contributed by atoms with Crippen LogP contribution in [0.2, 0.25) is 0 Å². The van der Waals surface area contributed by atoms with Crippen LogP contribution in [-0.4, -0.2) is 57.0 Å². The molecule has 4 saturated heterocycles. The molecule has 5 nitrogen and oxygen atoms in total. The van der Waals surface area contributed by atoms with Crippen molar-refractivity contribution in [1.29, 1.82) is 0 Å². The minimum Gasteiger partial charge on any atom is -0.332 e. The Morgan fingerprint density at radius 1 is 1.19 bits per heavy atom. The summed E-state index contributed by atoms with van der Waals surface area (Å²) in [6.45, 7) is 4.74. The van der Waals surface area contributed by atoms with Gasteiger partial charge in [0.25, 0.3) is 5.91 Å². The smallest absolute Gasteiger partial charge is 0.267 e. The Kier molecular flexibility index (Phi) is 3.83. The van der Waals surface area contributed by atoms with E-state index in [0.717, 1.165) is 31.5 Å². The SMILES string of the molecule is Cc1nnsc1C(=O)N1C[C@@H](c2ccc(F)cc2)[C@@H]2[C@H]1C1CCN2CC1. The molecule has 1 aromatic heterocycles. The molecule has 7 heteroatoms. The van der Waals surface area contributed by atoms with Gasteiger partial charge in [0.2, 0.25) is 0 Å². The summed E-state index contributed by atoms with van der Waals surface area (Å²) in [6.07, 6.45) is 2.31. The van der Waals surface area contributed by atoms with Gasteiger partial charge in [-0.25, -0.2) is 4.39 Å². The average Bonchev–Trinajstić information content (AvgIpc) is 3.28. The number of nitrogens with zero attached hydrogens (tertiary/aromatic N) is 4. The van der Waals surface area contributed by atoms with Gasteiger partial charge in [-0.3, -0.25) is 9.69 Å². The van der Waals surface area contributed by atoms with Crippen molar-refractivity contribution in [3.8, 4) is 0 Å². The number of amides is 1. The summed E-state index contributed by atoms with van der Waals surface area (Å²) < 4.78 is 17.3. The Morgan fingerprint density at radius 3 is 2.58 bits per heavy atom. The van der Waals surface area contributed by atoms with Crippen LogP contribution in [0.4, 0.5) is 4.39 Å². The molecule has 2 bridgehead atoms. The summed E-state index contributed by atoms with van der Waals surface area (Å²) in [4.78, 5) is 18.5. The number of piperidine rings is 3. The van der Waals surface area contributed by atoms with Crippen molar-refractivity contribution in [2.45, 2.75) is 37.8 Å². The van der Waals surface area contributed by atoms with Crippen LogP contribution in [0.1, 0.15) is 39.7 Å². The van der Waals surface area contributed by atoms with E-state index in [2.05, 4.69) is 19.4 Å². The van der Waals surface area contributed by atoms with Crippen LogP contribution in [0, 0.1) is 18.7 Å². The lowest BCUT2D eigenvalue weighted by Crippen LogP contribution is -2.60. The van der Waals surface area contributed by atoms with E-state index in [1.54, 1.807) is 0 Å². The summed E-state index contributed by atoms with van der Waals surface area (Å²) >= 11 is 1.19. The van der Waals surface area contributed by atoms with Gasteiger partial charge in [-0.15, -0.1) is 5.10 Å². The maximum Gasteiger partial charge on any atom is 0.267 e. The zero-order valence-electron chi connectivity index (χ0n) is 14.6. The summed E-state index contributed by atoms with van der Waals surface area (Å²) in [6, 6.07) is 7.40. The fourth-order valence-corrected chi connectivity index (χ4v) is 5.83. The van der Waals surface area contributed by atoms with E-state index >= 15 is 0 Å². The number of aryl methyl sites for hydroxylation is 1. The van der Waals surface area contributed by atoms with E-state index < -0.39 is 0 Å². The van der Waals surface area contributed by atoms with Gasteiger partial charge in [-0.2, -0.15) is 0 Å². The van der Waals surface area contributed by atoms with Crippen LogP contribution in [0.3, 0.4) is 0 Å². The second-order valence-electron chi connectivity index (χ2n) is 7.66. The van der Waals surface area contributed by atoms with E-state index in [9.17, 15) is 9.18 Å². The first-order chi connectivity index (χ1) is 12.6. The molecular weight excluding hydrogens is 351 g/mol. The molecule has 0 aliphatic carbocycles. The molecular formula is C19H21FN4OS. The van der Waals surface area contributed by atoms with Gasteiger partial charge in [0, 0.05) is 18.5 Å². The van der Waals surface area contributed by atoms with Gasteiger partial charge < -0.3 is 4.90 Å². The molecule has 4 aliphatic rings. The third kappa shape index (κ3) is 2.41. The van der Waals surface area contributed by atoms with E-state index in [-0.39, 0.29) is 23.7 Å². The molecule has 26 heavy (non-hydrogen) atoms. The zero-order chi connectivity index (χ0) is 17.8. The minimum absolute atomic E-state index is 0.0610. The van der Waals surface area contributed by atoms with Gasteiger partial charge in [-0.1, -0.05) is 16.6 Å². The van der Waals surface area contributed by atoms with Crippen LogP contribution >= 0.6 is 11.5 Å². The number of rotatable bonds is 2. The fourth-order valence-electron chi connectivity index (χ4n) is 5.22. The third-order valence-electron chi connectivity index (χ3n) is 6.40. The van der Waals surface area contributed by atoms with Crippen LogP contribution in [0.25, 0.3) is 0 Å². The summed E-state index contributed by atoms with van der Waals surface area (Å²) in [7, 11) is 0. The highest BCUT2D eigenvalue weighted by molar-refractivity contribution is 7.07. The average molecular weight is 372 g/mol. The molecule has 6 rings (SSSR count). The summed E-state index contributed by atoms with van der Waals surface area (Å²) in [5, 5.41) is 4.02. The number of carbonyl (C=O) groups is 1. The summed E-state index contributed by atoms with van der Waals surface area (Å²) in [5.74, 6) is 0.633. The number of likely N-dealkylation sites (tertiary alicyclic amines) is 1. The second-order valence-corrected chi connectivity index (χ2v) is 8.41. The monoisotopic (exact) mass is 372 g/mol. The molecule has 0 spiro atoms. The van der Waals surface area contributed by atoms with Crippen LogP contribution < -0.4 is 0 Å². The van der Waals surface area contributed by atoms with Crippen LogP contribution in [0.5, 0.6) is 0 Å². The van der Waals surface area contributed by atoms with Crippen molar-refractivity contribution < 1.29 is 9.18 Å². The molecule has 136 valence electrons. The number of hydrogen-bond acceptors (Lipinski definition) is 5. The molecule has 2 aromatic rings. The Balaban J connectivity index is 1.53. The molecule has 5 heterocycles. The highest BCUT2D eigenvalue weighted by Gasteiger charge is 2.54. The number of hydrogen-bond donors (Lipinski definition) is 0. The molecule has 4 fully saturated rings. The standard InChI is InChI=1S/C19H21FN4OS/c1-11-18(26-22-21-11)19(25)24-10-15(12-2-4-14(20)5-3-12)17-16(24)13-6-8-23(17)9-7-13/h2-5,13,15-17H,6-10H2,1H3/t15-,16+,17+/m0/s1. The lowest BCUT2D eigenvalue weighted by atomic mass is 9.75. The molecule has 4 aliphatic heterocycles. The number of carbonyl (C=O) groups excluding carboxylic acids is 1. The summed E-state index contributed by atoms with van der Waals surface area (Å²) in [5.41, 5.74) is 1.84. The highest BCUT2D eigenvalue weighted by atomic mass is 32.1. The second kappa shape index (κ2) is 6.09. The lowest BCUT2D eigenvalue weighted by Gasteiger charge is -2.51. The first-order valence-electron chi connectivity index (χ1n) is 9.23. The molecule has 0 N–H and O–H groups in total. The topological polar surface area (TPSA) is 49.3 Å². The van der Waals surface area contributed by atoms with Gasteiger partial charge in [0.1, 0.15) is 10.7 Å². The Morgan fingerprint density at radius 2 is 1.92 bits per heavy atom. The maximum atomic E-state index is 13.4. The van der Waals surface area contributed by atoms with Crippen LogP contribution in [-0.2, 0) is 0 Å². The maximum absolute atomic E-state index is 13.4. The Bertz CT molecular complexity index is 830. The first-order valence-corrected chi connectivity index (χ1v) is 10.0. The van der Waals surface area contributed by atoms with E-state index in [4.69, 9.17) is 0 Å². The molecule has 1 aromatic carbocycles. The largest absolute Gasteiger partial charge is 0.332 e. The Labute approximate surface area is 156 Å². The van der Waals surface area contributed by atoms with Gasteiger partial charge in [-0.05, 0) is 68.0 Å². The number of fused-ring (bicyclic) bond motifs is 2. The van der Waals surface area contributed by atoms with E-state index in [1.165, 1.54) is 23.7 Å². The first kappa shape index (κ1) is 16.3. The predicted molar refractivity (Wildman–Crippen MR) is 96.7 cm³/mol. The third-order valence-corrected chi connectivity index (χ3v) is 7.21. The Hall–Kier alpha value is -1.86. The highest BCUT2D eigenvalue weighted by Crippen LogP contribution is 2.47. The number of aromatic nitrogens is 2. The van der Waals surface area contributed by atoms with Crippen LogP contribution in [0.15, 0.2) is 24.3 Å². The van der Waals surface area contributed by atoms with Crippen molar-refractivity contribution in [2.24, 2.45) is 5.92 Å². The van der Waals surface area contributed by atoms with E-state index in [0.29, 0.717) is 29.1 Å². The van der Waals surface area contributed by atoms with Crippen molar-refractivity contribution in [3.63, 3.8) is 0 Å². The van der Waals surface area contributed by atoms with Gasteiger partial charge in [0.15, 0.2) is 0 Å². The van der Waals surface area contributed by atoms with Crippen molar-refractivity contribution in [1.82, 2.24) is 19.4 Å². The molecule has 0 saturated carbocycles. The lowest BCUT2D eigenvalue weighted by molar-refractivity contribution is -0.00329. The molecule has 1 amide bonds. The molecule has 0 radical (unpaired) electrons. The molecule has 3 atom stereocenters. The normalized spacial score (nSPS) is 32.7. The fraction of sp³-hybridized carbons (Fsp3) is 0.526. The van der Waals surface area contributed by atoms with Crippen molar-refractivity contribution in [2.75, 3.05) is 19.6 Å². The minimum atomic E-state index is -0.215. The van der Waals surface area contributed by atoms with Gasteiger partial charge >= 0.3 is 0 Å². The van der Waals surface area contributed by atoms with Crippen molar-refractivity contribution >= 4 is 17.4 Å². The number of halogens is 1. The predicted octanol–water partition coefficient (Wildman–Crippen LogP) is 2.69.